The van der Waals surface area contributed by atoms with E-state index in [1.54, 1.807) is 30.2 Å². The third-order valence-electron chi connectivity index (χ3n) is 6.09. The van der Waals surface area contributed by atoms with Gasteiger partial charge in [-0.15, -0.1) is 0 Å². The molecular weight excluding hydrogens is 440 g/mol. The number of carbonyl (C=O) groups excluding carboxylic acids is 2. The topological polar surface area (TPSA) is 67.9 Å². The molecule has 3 rings (SSSR count). The van der Waals surface area contributed by atoms with Gasteiger partial charge in [-0.05, 0) is 67.6 Å². The van der Waals surface area contributed by atoms with Crippen molar-refractivity contribution in [1.29, 1.82) is 0 Å². The van der Waals surface area contributed by atoms with Crippen LogP contribution in [0.4, 0.5) is 0 Å². The Morgan fingerprint density at radius 2 is 1.79 bits per heavy atom. The third kappa shape index (κ3) is 6.87. The predicted molar refractivity (Wildman–Crippen MR) is 130 cm³/mol. The lowest BCUT2D eigenvalue weighted by Crippen LogP contribution is -2.52. The molecule has 0 radical (unpaired) electrons. The normalized spacial score (nSPS) is 14.5. The van der Waals surface area contributed by atoms with Gasteiger partial charge in [0.2, 0.25) is 5.91 Å². The molecule has 0 saturated heterocycles. The summed E-state index contributed by atoms with van der Waals surface area (Å²) in [6, 6.07) is 12.4. The Kier molecular flexibility index (Phi) is 9.01. The smallest absolute Gasteiger partial charge is 0.261 e. The van der Waals surface area contributed by atoms with E-state index in [-0.39, 0.29) is 24.5 Å². The number of benzene rings is 2. The predicted octanol–water partition coefficient (Wildman–Crippen LogP) is 4.90. The fraction of sp³-hybridized carbons (Fsp3) is 0.462. The van der Waals surface area contributed by atoms with Crippen LogP contribution in [0.5, 0.6) is 11.5 Å². The minimum Gasteiger partial charge on any atom is -0.497 e. The molecule has 33 heavy (non-hydrogen) atoms. The van der Waals surface area contributed by atoms with Gasteiger partial charge in [-0.25, -0.2) is 0 Å². The van der Waals surface area contributed by atoms with Crippen molar-refractivity contribution in [2.75, 3.05) is 13.7 Å². The molecule has 2 aromatic carbocycles. The summed E-state index contributed by atoms with van der Waals surface area (Å²) < 4.78 is 11.0. The highest BCUT2D eigenvalue weighted by atomic mass is 35.5. The number of aryl methyl sites for hydroxylation is 1. The van der Waals surface area contributed by atoms with Crippen LogP contribution in [0.3, 0.4) is 0 Å². The molecule has 1 fully saturated rings. The minimum absolute atomic E-state index is 0.103. The van der Waals surface area contributed by atoms with Crippen molar-refractivity contribution in [3.63, 3.8) is 0 Å². The first-order chi connectivity index (χ1) is 15.9. The Morgan fingerprint density at radius 3 is 2.39 bits per heavy atom. The molecule has 1 atom stereocenters. The van der Waals surface area contributed by atoms with E-state index in [4.69, 9.17) is 21.1 Å². The Morgan fingerprint density at radius 1 is 1.12 bits per heavy atom. The van der Waals surface area contributed by atoms with Gasteiger partial charge in [0.05, 0.1) is 7.11 Å². The molecule has 1 saturated carbocycles. The molecule has 0 spiro atoms. The van der Waals surface area contributed by atoms with Crippen LogP contribution in [0, 0.1) is 6.92 Å². The van der Waals surface area contributed by atoms with Gasteiger partial charge in [0.15, 0.2) is 6.61 Å². The second kappa shape index (κ2) is 11.9. The number of hydrogen-bond donors (Lipinski definition) is 1. The Bertz CT molecular complexity index is 942. The van der Waals surface area contributed by atoms with Gasteiger partial charge in [0.25, 0.3) is 5.91 Å². The van der Waals surface area contributed by atoms with Crippen LogP contribution in [0.2, 0.25) is 5.02 Å². The fourth-order valence-corrected chi connectivity index (χ4v) is 4.27. The number of halogens is 1. The molecule has 2 amide bonds. The molecule has 0 unspecified atom stereocenters. The molecule has 0 aromatic heterocycles. The maximum absolute atomic E-state index is 13.3. The van der Waals surface area contributed by atoms with Gasteiger partial charge in [-0.3, -0.25) is 9.59 Å². The lowest BCUT2D eigenvalue weighted by atomic mass is 10.1. The zero-order valence-corrected chi connectivity index (χ0v) is 20.4. The quantitative estimate of drug-likeness (QED) is 0.534. The number of carbonyl (C=O) groups is 2. The number of hydrogen-bond acceptors (Lipinski definition) is 4. The monoisotopic (exact) mass is 472 g/mol. The van der Waals surface area contributed by atoms with Crippen molar-refractivity contribution in [2.24, 2.45) is 0 Å². The summed E-state index contributed by atoms with van der Waals surface area (Å²) in [5.41, 5.74) is 1.79. The van der Waals surface area contributed by atoms with Gasteiger partial charge >= 0.3 is 0 Å². The molecule has 1 aliphatic carbocycles. The van der Waals surface area contributed by atoms with Crippen molar-refractivity contribution in [3.05, 3.63) is 58.6 Å². The second-order valence-corrected chi connectivity index (χ2v) is 8.89. The Hall–Kier alpha value is -2.73. The number of nitrogens with one attached hydrogen (secondary N) is 1. The summed E-state index contributed by atoms with van der Waals surface area (Å²) in [6.07, 6.45) is 4.76. The van der Waals surface area contributed by atoms with Gasteiger partial charge in [0.1, 0.15) is 17.5 Å². The largest absolute Gasteiger partial charge is 0.497 e. The van der Waals surface area contributed by atoms with Crippen LogP contribution in [0.15, 0.2) is 42.5 Å². The zero-order valence-electron chi connectivity index (χ0n) is 19.6. The first-order valence-electron chi connectivity index (χ1n) is 11.5. The molecule has 1 aliphatic rings. The molecule has 0 heterocycles. The van der Waals surface area contributed by atoms with Crippen LogP contribution in [0.1, 0.15) is 50.2 Å². The summed E-state index contributed by atoms with van der Waals surface area (Å²) in [7, 11) is 1.61. The highest BCUT2D eigenvalue weighted by molar-refractivity contribution is 6.31. The van der Waals surface area contributed by atoms with E-state index < -0.39 is 6.04 Å². The highest BCUT2D eigenvalue weighted by Crippen LogP contribution is 2.22. The van der Waals surface area contributed by atoms with Crippen molar-refractivity contribution in [1.82, 2.24) is 10.2 Å². The van der Waals surface area contributed by atoms with Crippen LogP contribution in [-0.2, 0) is 16.1 Å². The fourth-order valence-electron chi connectivity index (χ4n) is 4.15. The standard InChI is InChI=1S/C26H33ClN2O4/c1-4-24(26(31)28-20-7-5-6-8-20)29(16-19-9-11-21(32-3)12-10-19)25(30)17-33-22-13-14-23(27)18(2)15-22/h9-15,20,24H,4-8,16-17H2,1-3H3,(H,28,31)/t24-/m0/s1. The number of rotatable bonds is 10. The maximum Gasteiger partial charge on any atom is 0.261 e. The molecule has 2 aromatic rings. The molecule has 6 nitrogen and oxygen atoms in total. The van der Waals surface area contributed by atoms with Gasteiger partial charge in [-0.1, -0.05) is 43.5 Å². The summed E-state index contributed by atoms with van der Waals surface area (Å²) in [5.74, 6) is 0.961. The average Bonchev–Trinajstić information content (AvgIpc) is 3.33. The number of ether oxygens (including phenoxy) is 2. The molecule has 0 bridgehead atoms. The summed E-state index contributed by atoms with van der Waals surface area (Å²) in [6.45, 7) is 3.96. The van der Waals surface area contributed by atoms with Gasteiger partial charge in [-0.2, -0.15) is 0 Å². The number of amides is 2. The van der Waals surface area contributed by atoms with Crippen LogP contribution >= 0.6 is 11.6 Å². The second-order valence-electron chi connectivity index (χ2n) is 8.48. The maximum atomic E-state index is 13.3. The lowest BCUT2D eigenvalue weighted by Gasteiger charge is -2.31. The lowest BCUT2D eigenvalue weighted by molar-refractivity contribution is -0.143. The Labute approximate surface area is 201 Å². The number of methoxy groups -OCH3 is 1. The molecule has 0 aliphatic heterocycles. The van der Waals surface area contributed by atoms with E-state index in [9.17, 15) is 9.59 Å². The molecule has 178 valence electrons. The van der Waals surface area contributed by atoms with Crippen molar-refractivity contribution in [2.45, 2.75) is 64.6 Å². The van der Waals surface area contributed by atoms with Gasteiger partial charge in [0, 0.05) is 17.6 Å². The Balaban J connectivity index is 1.76. The molecule has 7 heteroatoms. The molecular formula is C26H33ClN2O4. The zero-order chi connectivity index (χ0) is 23.8. The van der Waals surface area contributed by atoms with Gasteiger partial charge < -0.3 is 19.7 Å². The summed E-state index contributed by atoms with van der Waals surface area (Å²) >= 11 is 6.09. The summed E-state index contributed by atoms with van der Waals surface area (Å²) in [5, 5.41) is 3.79. The van der Waals surface area contributed by atoms with E-state index in [1.165, 1.54) is 0 Å². The first kappa shape index (κ1) is 24.9. The minimum atomic E-state index is -0.573. The highest BCUT2D eigenvalue weighted by Gasteiger charge is 2.30. The van der Waals surface area contributed by atoms with E-state index in [0.717, 1.165) is 42.6 Å². The van der Waals surface area contributed by atoms with Crippen LogP contribution < -0.4 is 14.8 Å². The van der Waals surface area contributed by atoms with Crippen LogP contribution in [-0.4, -0.2) is 42.5 Å². The van der Waals surface area contributed by atoms with Crippen LogP contribution in [0.25, 0.3) is 0 Å². The number of nitrogens with zero attached hydrogens (tertiary/aromatic N) is 1. The SMILES string of the molecule is CC[C@@H](C(=O)NC1CCCC1)N(Cc1ccc(OC)cc1)C(=O)COc1ccc(Cl)c(C)c1. The van der Waals surface area contributed by atoms with Crippen molar-refractivity contribution >= 4 is 23.4 Å². The van der Waals surface area contributed by atoms with E-state index >= 15 is 0 Å². The first-order valence-corrected chi connectivity index (χ1v) is 11.9. The molecule has 1 N–H and O–H groups in total. The third-order valence-corrected chi connectivity index (χ3v) is 6.52. The van der Waals surface area contributed by atoms with Crippen molar-refractivity contribution < 1.29 is 19.1 Å². The summed E-state index contributed by atoms with van der Waals surface area (Å²) in [4.78, 5) is 28.1. The van der Waals surface area contributed by atoms with Crippen molar-refractivity contribution in [3.8, 4) is 11.5 Å². The van der Waals surface area contributed by atoms with E-state index in [1.807, 2.05) is 38.1 Å². The van der Waals surface area contributed by atoms with E-state index in [2.05, 4.69) is 5.32 Å². The average molecular weight is 473 g/mol. The van der Waals surface area contributed by atoms with E-state index in [0.29, 0.717) is 23.7 Å².